The van der Waals surface area contributed by atoms with Crippen LogP contribution in [-0.4, -0.2) is 26.7 Å². The molecule has 0 saturated carbocycles. The maximum atomic E-state index is 4.55. The summed E-state index contributed by atoms with van der Waals surface area (Å²) in [6, 6.07) is 0. The summed E-state index contributed by atoms with van der Waals surface area (Å²) in [5.41, 5.74) is 1.14. The Morgan fingerprint density at radius 2 is 2.35 bits per heavy atom. The van der Waals surface area contributed by atoms with Crippen molar-refractivity contribution in [2.75, 3.05) is 7.05 Å². The minimum absolute atomic E-state index is 0.768. The summed E-state index contributed by atoms with van der Waals surface area (Å²) in [5.74, 6) is 0. The maximum Gasteiger partial charge on any atom is 0.0930 e. The van der Waals surface area contributed by atoms with E-state index in [2.05, 4.69) is 50.3 Å². The van der Waals surface area contributed by atoms with E-state index in [1.54, 1.807) is 17.5 Å². The number of aromatic nitrogens is 3. The van der Waals surface area contributed by atoms with Crippen LogP contribution in [0.15, 0.2) is 22.2 Å². The molecule has 0 amide bonds. The van der Waals surface area contributed by atoms with Crippen LogP contribution in [0.4, 0.5) is 0 Å². The lowest BCUT2D eigenvalue weighted by atomic mass is 10.4. The fourth-order valence-electron chi connectivity index (χ4n) is 1.57. The predicted molar refractivity (Wildman–Crippen MR) is 72.9 cm³/mol. The number of aryl methyl sites for hydroxylation is 1. The van der Waals surface area contributed by atoms with Crippen LogP contribution in [0.3, 0.4) is 0 Å². The second-order valence-electron chi connectivity index (χ2n) is 3.94. The molecule has 17 heavy (non-hydrogen) atoms. The van der Waals surface area contributed by atoms with Crippen LogP contribution in [0.5, 0.6) is 0 Å². The van der Waals surface area contributed by atoms with E-state index in [0.29, 0.717) is 0 Å². The quantitative estimate of drug-likeness (QED) is 0.851. The van der Waals surface area contributed by atoms with Crippen molar-refractivity contribution in [2.45, 2.75) is 26.6 Å². The maximum absolute atomic E-state index is 4.55. The SMILES string of the molecule is CCc1nc(CN(C)Cn2cc(Br)cn2)cs1. The van der Waals surface area contributed by atoms with E-state index in [1.807, 2.05) is 10.9 Å². The first kappa shape index (κ1) is 12.7. The molecule has 0 aromatic carbocycles. The van der Waals surface area contributed by atoms with Crippen molar-refractivity contribution in [3.8, 4) is 0 Å². The number of hydrogen-bond acceptors (Lipinski definition) is 4. The highest BCUT2D eigenvalue weighted by Gasteiger charge is 2.05. The van der Waals surface area contributed by atoms with Gasteiger partial charge in [-0.05, 0) is 29.4 Å². The molecule has 2 aromatic heterocycles. The molecule has 0 aliphatic heterocycles. The van der Waals surface area contributed by atoms with Crippen LogP contribution in [0.1, 0.15) is 17.6 Å². The monoisotopic (exact) mass is 314 g/mol. The third kappa shape index (κ3) is 3.62. The van der Waals surface area contributed by atoms with E-state index in [4.69, 9.17) is 0 Å². The predicted octanol–water partition coefficient (Wildman–Crippen LogP) is 2.75. The van der Waals surface area contributed by atoms with Crippen molar-refractivity contribution in [3.63, 3.8) is 0 Å². The van der Waals surface area contributed by atoms with E-state index in [-0.39, 0.29) is 0 Å². The number of halogens is 1. The van der Waals surface area contributed by atoms with Crippen molar-refractivity contribution in [3.05, 3.63) is 32.9 Å². The Hall–Kier alpha value is -0.720. The summed E-state index contributed by atoms with van der Waals surface area (Å²) in [5, 5.41) is 7.57. The van der Waals surface area contributed by atoms with Crippen LogP contribution in [0.2, 0.25) is 0 Å². The summed E-state index contributed by atoms with van der Waals surface area (Å²) in [4.78, 5) is 6.74. The molecule has 0 saturated heterocycles. The van der Waals surface area contributed by atoms with E-state index in [1.165, 1.54) is 5.01 Å². The van der Waals surface area contributed by atoms with Crippen LogP contribution in [0, 0.1) is 0 Å². The number of nitrogens with zero attached hydrogens (tertiary/aromatic N) is 4. The van der Waals surface area contributed by atoms with Gasteiger partial charge in [-0.2, -0.15) is 5.10 Å². The Morgan fingerprint density at radius 1 is 1.53 bits per heavy atom. The van der Waals surface area contributed by atoms with E-state index in [0.717, 1.165) is 29.8 Å². The minimum atomic E-state index is 0.768. The van der Waals surface area contributed by atoms with Gasteiger partial charge in [0, 0.05) is 18.1 Å². The number of thiazole rings is 1. The summed E-state index contributed by atoms with van der Waals surface area (Å²) < 4.78 is 2.91. The van der Waals surface area contributed by atoms with Crippen molar-refractivity contribution in [1.82, 2.24) is 19.7 Å². The second kappa shape index (κ2) is 5.75. The Labute approximate surface area is 113 Å². The molecule has 0 radical (unpaired) electrons. The molecule has 0 N–H and O–H groups in total. The molecule has 0 aliphatic rings. The number of rotatable bonds is 5. The summed E-state index contributed by atoms with van der Waals surface area (Å²) in [6.45, 7) is 3.76. The zero-order valence-corrected chi connectivity index (χ0v) is 12.3. The highest BCUT2D eigenvalue weighted by atomic mass is 79.9. The Kier molecular flexibility index (Phi) is 4.31. The third-order valence-corrected chi connectivity index (χ3v) is 3.77. The van der Waals surface area contributed by atoms with Gasteiger partial charge in [0.05, 0.1) is 28.0 Å². The van der Waals surface area contributed by atoms with Gasteiger partial charge in [0.25, 0.3) is 0 Å². The van der Waals surface area contributed by atoms with Crippen LogP contribution >= 0.6 is 27.3 Å². The first-order valence-corrected chi connectivity index (χ1v) is 7.14. The lowest BCUT2D eigenvalue weighted by Crippen LogP contribution is -2.22. The summed E-state index contributed by atoms with van der Waals surface area (Å²) in [6.07, 6.45) is 4.78. The summed E-state index contributed by atoms with van der Waals surface area (Å²) in [7, 11) is 2.07. The lowest BCUT2D eigenvalue weighted by molar-refractivity contribution is 0.244. The van der Waals surface area contributed by atoms with Crippen LogP contribution in [-0.2, 0) is 19.6 Å². The summed E-state index contributed by atoms with van der Waals surface area (Å²) >= 11 is 5.12. The second-order valence-corrected chi connectivity index (χ2v) is 5.80. The van der Waals surface area contributed by atoms with E-state index < -0.39 is 0 Å². The van der Waals surface area contributed by atoms with Crippen molar-refractivity contribution in [2.24, 2.45) is 0 Å². The Morgan fingerprint density at radius 3 is 2.94 bits per heavy atom. The van der Waals surface area contributed by atoms with Gasteiger partial charge < -0.3 is 0 Å². The molecular weight excluding hydrogens is 300 g/mol. The van der Waals surface area contributed by atoms with Gasteiger partial charge in [-0.3, -0.25) is 9.58 Å². The normalized spacial score (nSPS) is 11.3. The molecule has 0 unspecified atom stereocenters. The van der Waals surface area contributed by atoms with Crippen molar-refractivity contribution >= 4 is 27.3 Å². The van der Waals surface area contributed by atoms with E-state index in [9.17, 15) is 0 Å². The molecule has 0 aliphatic carbocycles. The fourth-order valence-corrected chi connectivity index (χ4v) is 2.64. The molecule has 0 bridgehead atoms. The Balaban J connectivity index is 1.90. The fraction of sp³-hybridized carbons (Fsp3) is 0.455. The molecule has 6 heteroatoms. The topological polar surface area (TPSA) is 34.0 Å². The van der Waals surface area contributed by atoms with Gasteiger partial charge in [0.15, 0.2) is 0 Å². The van der Waals surface area contributed by atoms with Crippen molar-refractivity contribution in [1.29, 1.82) is 0 Å². The average Bonchev–Trinajstić information content (AvgIpc) is 2.88. The first-order valence-electron chi connectivity index (χ1n) is 5.47. The van der Waals surface area contributed by atoms with Crippen LogP contribution in [0.25, 0.3) is 0 Å². The molecule has 0 spiro atoms. The first-order chi connectivity index (χ1) is 8.17. The van der Waals surface area contributed by atoms with Gasteiger partial charge in [0.1, 0.15) is 0 Å². The number of hydrogen-bond donors (Lipinski definition) is 0. The van der Waals surface area contributed by atoms with Crippen LogP contribution < -0.4 is 0 Å². The average molecular weight is 315 g/mol. The van der Waals surface area contributed by atoms with Gasteiger partial charge in [-0.25, -0.2) is 4.98 Å². The highest BCUT2D eigenvalue weighted by Crippen LogP contribution is 2.12. The molecule has 4 nitrogen and oxygen atoms in total. The van der Waals surface area contributed by atoms with Gasteiger partial charge in [-0.1, -0.05) is 6.92 Å². The minimum Gasteiger partial charge on any atom is -0.282 e. The molecule has 0 fully saturated rings. The lowest BCUT2D eigenvalue weighted by Gasteiger charge is -2.14. The largest absolute Gasteiger partial charge is 0.282 e. The zero-order chi connectivity index (χ0) is 12.3. The molecular formula is C11H15BrN4S. The molecule has 2 rings (SSSR count). The Bertz CT molecular complexity index is 479. The standard InChI is InChI=1S/C11H15BrN4S/c1-3-11-14-10(7-17-11)6-15(2)8-16-5-9(12)4-13-16/h4-5,7H,3,6,8H2,1-2H3. The smallest absolute Gasteiger partial charge is 0.0930 e. The zero-order valence-electron chi connectivity index (χ0n) is 9.93. The molecule has 2 aromatic rings. The molecule has 2 heterocycles. The van der Waals surface area contributed by atoms with Crippen molar-refractivity contribution < 1.29 is 0 Å². The van der Waals surface area contributed by atoms with E-state index >= 15 is 0 Å². The third-order valence-electron chi connectivity index (χ3n) is 2.32. The van der Waals surface area contributed by atoms with Gasteiger partial charge in [-0.15, -0.1) is 11.3 Å². The highest BCUT2D eigenvalue weighted by molar-refractivity contribution is 9.10. The van der Waals surface area contributed by atoms with Gasteiger partial charge >= 0.3 is 0 Å². The van der Waals surface area contributed by atoms with Gasteiger partial charge in [0.2, 0.25) is 0 Å². The molecule has 0 atom stereocenters. The molecule has 92 valence electrons.